The van der Waals surface area contributed by atoms with Crippen LogP contribution in [0.5, 0.6) is 0 Å². The number of hydrogen-bond donors (Lipinski definition) is 0. The van der Waals surface area contributed by atoms with Crippen molar-refractivity contribution in [3.05, 3.63) is 0 Å². The number of hydrogen-bond acceptors (Lipinski definition) is 6. The molecule has 0 rings (SSSR count). The SMILES string of the molecule is [Ba+2].[O]=[Sn]([O-])[O-].[O]=[Ti]([O-])[O-].[Pb+2]. The van der Waals surface area contributed by atoms with E-state index in [1.807, 2.05) is 0 Å². The topological polar surface area (TPSA) is 126 Å². The first-order valence-corrected chi connectivity index (χ1v) is 6.63. The van der Waals surface area contributed by atoms with Gasteiger partial charge in [0.25, 0.3) is 0 Å². The minimum Gasteiger partial charge on any atom is 2.00 e. The van der Waals surface area contributed by atoms with E-state index in [9.17, 15) is 0 Å². The minimum atomic E-state index is -4.29. The molecule has 6 nitrogen and oxygen atoms in total. The van der Waals surface area contributed by atoms with Crippen LogP contribution >= 0.6 is 0 Å². The summed E-state index contributed by atoms with van der Waals surface area (Å²) in [5.41, 5.74) is 0. The maximum Gasteiger partial charge on any atom is 2.00 e. The van der Waals surface area contributed by atoms with E-state index in [1.165, 1.54) is 0 Å². The third-order valence-corrected chi connectivity index (χ3v) is 0. The molecule has 0 fully saturated rings. The van der Waals surface area contributed by atoms with Crippen LogP contribution in [0.2, 0.25) is 0 Å². The molecule has 10 heteroatoms. The largest absolute Gasteiger partial charge is 2.00 e. The molecule has 0 aromatic heterocycles. The molecule has 0 saturated heterocycles. The molecule has 50 valence electrons. The molecule has 10 heavy (non-hydrogen) atoms. The first kappa shape index (κ1) is 23.3. The Labute approximate surface area is 133 Å². The molecular formula is BaO6PbSnTi. The van der Waals surface area contributed by atoms with Crippen LogP contribution in [0.3, 0.4) is 0 Å². The van der Waals surface area contributed by atoms with Crippen LogP contribution in [0.15, 0.2) is 0 Å². The van der Waals surface area contributed by atoms with Gasteiger partial charge < -0.3 is 0 Å². The average Bonchev–Trinajstić information content (AvgIpc) is 1.25. The van der Waals surface area contributed by atoms with Gasteiger partial charge in [-0.05, 0) is 0 Å². The maximum atomic E-state index is 8.61. The molecule has 2 radical (unpaired) electrons. The average molecular weight is 607 g/mol. The van der Waals surface area contributed by atoms with Gasteiger partial charge in [-0.15, -0.1) is 0 Å². The maximum absolute atomic E-state index is 8.61. The Kier molecular flexibility index (Phi) is 42.7. The van der Waals surface area contributed by atoms with Crippen LogP contribution in [0.25, 0.3) is 0 Å². The Hall–Kier alpha value is 3.45. The van der Waals surface area contributed by atoms with Crippen molar-refractivity contribution >= 4 is 96.8 Å². The first-order valence-electron chi connectivity index (χ1n) is 1.22. The second kappa shape index (κ2) is 18.3. The van der Waals surface area contributed by atoms with Gasteiger partial charge in [0.1, 0.15) is 0 Å². The van der Waals surface area contributed by atoms with Crippen LogP contribution in [0.1, 0.15) is 0 Å². The van der Waals surface area contributed by atoms with Crippen LogP contribution in [0, 0.1) is 0 Å². The molecule has 0 amide bonds. The van der Waals surface area contributed by atoms with Crippen LogP contribution in [-0.4, -0.2) is 96.8 Å². The molecule has 0 N–H and O–H groups in total. The molecular weight excluding hydrogens is 607 g/mol. The molecule has 0 saturated carbocycles. The predicted molar refractivity (Wildman–Crippen MR) is 18.6 cm³/mol. The van der Waals surface area contributed by atoms with Crippen molar-refractivity contribution < 1.29 is 39.3 Å². The zero-order chi connectivity index (χ0) is 7.15. The van der Waals surface area contributed by atoms with E-state index in [2.05, 4.69) is 0 Å². The summed E-state index contributed by atoms with van der Waals surface area (Å²) in [5, 5.41) is 0. The van der Waals surface area contributed by atoms with Crippen molar-refractivity contribution in [1.29, 1.82) is 0 Å². The molecule has 0 aliphatic rings. The summed E-state index contributed by atoms with van der Waals surface area (Å²) in [6, 6.07) is 0. The van der Waals surface area contributed by atoms with Crippen molar-refractivity contribution in [2.75, 3.05) is 0 Å². The van der Waals surface area contributed by atoms with Crippen molar-refractivity contribution in [3.63, 3.8) is 0 Å². The van der Waals surface area contributed by atoms with E-state index in [0.717, 1.165) is 0 Å². The second-order valence-electron chi connectivity index (χ2n) is 0.500. The van der Waals surface area contributed by atoms with Gasteiger partial charge in [-0.2, -0.15) is 0 Å². The smallest absolute Gasteiger partial charge is 2.00 e. The van der Waals surface area contributed by atoms with Gasteiger partial charge in [0.15, 0.2) is 0 Å². The molecule has 0 atom stereocenters. The Morgan fingerprint density at radius 1 is 1.20 bits per heavy atom. The third kappa shape index (κ3) is 105. The fraction of sp³-hybridized carbons (Fsp3) is 0. The molecule has 0 heterocycles. The summed E-state index contributed by atoms with van der Waals surface area (Å²) in [7, 11) is 0. The summed E-state index contributed by atoms with van der Waals surface area (Å²) < 4.78 is 51.6. The van der Waals surface area contributed by atoms with E-state index in [0.29, 0.717) is 0 Å². The van der Waals surface area contributed by atoms with Gasteiger partial charge in [0, 0.05) is 0 Å². The van der Waals surface area contributed by atoms with E-state index in [4.69, 9.17) is 20.7 Å². The molecule has 0 spiro atoms. The Bertz CT molecular complexity index is 75.7. The second-order valence-corrected chi connectivity index (χ2v) is 2.71. The third-order valence-electron chi connectivity index (χ3n) is 0. The van der Waals surface area contributed by atoms with Crippen molar-refractivity contribution in [2.24, 2.45) is 0 Å². The molecule has 0 aliphatic carbocycles. The van der Waals surface area contributed by atoms with E-state index in [1.54, 1.807) is 0 Å². The molecule has 0 aromatic rings. The Morgan fingerprint density at radius 3 is 1.20 bits per heavy atom. The summed E-state index contributed by atoms with van der Waals surface area (Å²) in [4.78, 5) is 0. The minimum absolute atomic E-state index is 0. The summed E-state index contributed by atoms with van der Waals surface area (Å²) in [6.07, 6.45) is 0. The molecule has 0 aliphatic heterocycles. The van der Waals surface area contributed by atoms with Gasteiger partial charge in [-0.25, -0.2) is 0 Å². The first-order chi connectivity index (χ1) is 3.46. The normalized spacial score (nSPS) is 5.20. The standard InChI is InChI=1S/Ba.6O.Pb.Sn.Ti/q+2;;;4*-1;+2;;. The molecule has 0 unspecified atom stereocenters. The molecule has 0 aromatic carbocycles. The summed E-state index contributed by atoms with van der Waals surface area (Å²) in [5.74, 6) is 0. The van der Waals surface area contributed by atoms with Gasteiger partial charge in [0.05, 0.1) is 0 Å². The van der Waals surface area contributed by atoms with E-state index in [-0.39, 0.29) is 76.2 Å². The Morgan fingerprint density at radius 2 is 1.20 bits per heavy atom. The van der Waals surface area contributed by atoms with Crippen LogP contribution in [0.4, 0.5) is 0 Å². The van der Waals surface area contributed by atoms with E-state index >= 15 is 0 Å². The van der Waals surface area contributed by atoms with Gasteiger partial charge >= 0.3 is 136 Å². The van der Waals surface area contributed by atoms with Gasteiger partial charge in [0.2, 0.25) is 0 Å². The van der Waals surface area contributed by atoms with E-state index < -0.39 is 39.2 Å². The zero-order valence-corrected chi connectivity index (χ0v) is 17.4. The summed E-state index contributed by atoms with van der Waals surface area (Å²) in [6.45, 7) is 0. The fourth-order valence-electron chi connectivity index (χ4n) is 0. The Balaban J connectivity index is -0.0000000300. The number of rotatable bonds is 0. The summed E-state index contributed by atoms with van der Waals surface area (Å²) >= 11 is -8.38. The van der Waals surface area contributed by atoms with Gasteiger partial charge in [-0.3, -0.25) is 0 Å². The molecule has 0 bridgehead atoms. The van der Waals surface area contributed by atoms with Gasteiger partial charge in [-0.1, -0.05) is 0 Å². The quantitative estimate of drug-likeness (QED) is 0.253. The zero-order valence-electron chi connectivity index (χ0n) is 4.66. The van der Waals surface area contributed by atoms with Crippen LogP contribution in [-0.2, 0) is 25.0 Å². The monoisotopic (exact) mass is 610 g/mol. The van der Waals surface area contributed by atoms with Crippen molar-refractivity contribution in [2.45, 2.75) is 0 Å². The van der Waals surface area contributed by atoms with Crippen molar-refractivity contribution in [1.82, 2.24) is 0 Å². The predicted octanol–water partition coefficient (Wildman–Crippen LogP) is -6.14. The fourth-order valence-corrected chi connectivity index (χ4v) is 0. The van der Waals surface area contributed by atoms with Crippen LogP contribution < -0.4 is 14.3 Å². The van der Waals surface area contributed by atoms with Crippen molar-refractivity contribution in [3.8, 4) is 0 Å².